The van der Waals surface area contributed by atoms with Gasteiger partial charge in [0.05, 0.1) is 34.7 Å². The molecule has 164 valence electrons. The molecule has 1 aromatic carbocycles. The van der Waals surface area contributed by atoms with Crippen molar-refractivity contribution in [3.63, 3.8) is 0 Å². The Morgan fingerprint density at radius 2 is 1.84 bits per heavy atom. The van der Waals surface area contributed by atoms with Crippen LogP contribution in [0.25, 0.3) is 10.9 Å². The van der Waals surface area contributed by atoms with Gasteiger partial charge in [0.15, 0.2) is 5.82 Å². The predicted molar refractivity (Wildman–Crippen MR) is 118 cm³/mol. The Hall–Kier alpha value is -2.87. The number of pyridine rings is 1. The monoisotopic (exact) mass is 427 g/mol. The molecule has 1 aliphatic heterocycles. The lowest BCUT2D eigenvalue weighted by Crippen LogP contribution is -2.42. The summed E-state index contributed by atoms with van der Waals surface area (Å²) in [6, 6.07) is 8.18. The highest BCUT2D eigenvalue weighted by Gasteiger charge is 2.28. The molecule has 1 aliphatic rings. The van der Waals surface area contributed by atoms with E-state index in [1.807, 2.05) is 39.1 Å². The summed E-state index contributed by atoms with van der Waals surface area (Å²) in [4.78, 5) is 6.83. The van der Waals surface area contributed by atoms with Crippen molar-refractivity contribution in [3.05, 3.63) is 53.3 Å². The molecular weight excluding hydrogens is 400 g/mol. The molecule has 0 bridgehead atoms. The zero-order valence-electron chi connectivity index (χ0n) is 17.9. The van der Waals surface area contributed by atoms with Crippen molar-refractivity contribution < 1.29 is 13.9 Å². The molecule has 4 rings (SSSR count). The van der Waals surface area contributed by atoms with E-state index >= 15 is 0 Å². The summed E-state index contributed by atoms with van der Waals surface area (Å²) >= 11 is 0. The van der Waals surface area contributed by atoms with Gasteiger partial charge in [-0.3, -0.25) is 4.98 Å². The fourth-order valence-electron chi connectivity index (χ4n) is 3.93. The highest BCUT2D eigenvalue weighted by molar-refractivity contribution is 5.92. The van der Waals surface area contributed by atoms with Gasteiger partial charge in [-0.15, -0.1) is 5.10 Å². The number of hydrogen-bond donors (Lipinski definition) is 2. The van der Waals surface area contributed by atoms with Crippen LogP contribution in [0.2, 0.25) is 0 Å². The van der Waals surface area contributed by atoms with E-state index < -0.39 is 12.0 Å². The molecule has 0 saturated carbocycles. The first-order chi connectivity index (χ1) is 14.7. The molecule has 0 radical (unpaired) electrons. The Kier molecular flexibility index (Phi) is 5.75. The van der Waals surface area contributed by atoms with Gasteiger partial charge in [-0.1, -0.05) is 18.2 Å². The lowest BCUT2D eigenvalue weighted by atomic mass is 9.93. The number of hydrogen-bond acceptors (Lipinski definition) is 6. The van der Waals surface area contributed by atoms with E-state index in [0.29, 0.717) is 18.7 Å². The lowest BCUT2D eigenvalue weighted by Gasteiger charge is -2.37. The van der Waals surface area contributed by atoms with Crippen LogP contribution in [0.1, 0.15) is 56.0 Å². The van der Waals surface area contributed by atoms with Gasteiger partial charge < -0.3 is 15.3 Å². The molecule has 1 atom stereocenters. The van der Waals surface area contributed by atoms with Crippen molar-refractivity contribution in [2.45, 2.75) is 51.7 Å². The van der Waals surface area contributed by atoms with Gasteiger partial charge in [-0.25, -0.2) is 8.78 Å². The molecule has 1 fully saturated rings. The first-order valence-electron chi connectivity index (χ1n) is 10.5. The molecule has 2 N–H and O–H groups in total. The zero-order valence-corrected chi connectivity index (χ0v) is 17.9. The van der Waals surface area contributed by atoms with Gasteiger partial charge in [-0.05, 0) is 51.3 Å². The van der Waals surface area contributed by atoms with Crippen molar-refractivity contribution in [3.8, 4) is 0 Å². The highest BCUT2D eigenvalue weighted by atomic mass is 19.3. The van der Waals surface area contributed by atoms with Crippen LogP contribution in [0.5, 0.6) is 0 Å². The van der Waals surface area contributed by atoms with E-state index in [1.165, 1.54) is 12.1 Å². The molecule has 0 spiro atoms. The summed E-state index contributed by atoms with van der Waals surface area (Å²) in [5, 5.41) is 22.9. The number of halogens is 2. The number of piperidine rings is 1. The van der Waals surface area contributed by atoms with Crippen molar-refractivity contribution >= 4 is 22.4 Å². The number of nitrogens with one attached hydrogen (secondary N) is 1. The quantitative estimate of drug-likeness (QED) is 0.610. The first kappa shape index (κ1) is 21.4. The standard InChI is InChI=1S/C23H27F2N5O/c1-14(16-5-4-6-17(11-16)21(24)25)27-22-19-12-18(13-26-20(19)15(2)28-29-22)30-9-7-23(3,31)8-10-30/h4-6,11-14,21,31H,7-10H2,1-3H3,(H,27,29)/t14-/m1/s1. The molecule has 2 aromatic heterocycles. The van der Waals surface area contributed by atoms with Gasteiger partial charge in [0.2, 0.25) is 0 Å². The number of aryl methyl sites for hydroxylation is 1. The minimum absolute atomic E-state index is 0.00377. The topological polar surface area (TPSA) is 74.2 Å². The predicted octanol–water partition coefficient (Wildman–Crippen LogP) is 4.80. The van der Waals surface area contributed by atoms with Gasteiger partial charge in [0.25, 0.3) is 6.43 Å². The molecule has 1 saturated heterocycles. The van der Waals surface area contributed by atoms with Crippen LogP contribution in [0.4, 0.5) is 20.3 Å². The number of aromatic nitrogens is 3. The Morgan fingerprint density at radius 1 is 1.13 bits per heavy atom. The summed E-state index contributed by atoms with van der Waals surface area (Å²) in [6.45, 7) is 7.13. The van der Waals surface area contributed by atoms with E-state index in [1.54, 1.807) is 6.07 Å². The Labute approximate surface area is 180 Å². The lowest BCUT2D eigenvalue weighted by molar-refractivity contribution is 0.0351. The Bertz CT molecular complexity index is 1080. The van der Waals surface area contributed by atoms with Crippen molar-refractivity contribution in [1.29, 1.82) is 0 Å². The first-order valence-corrected chi connectivity index (χ1v) is 10.5. The second-order valence-corrected chi connectivity index (χ2v) is 8.54. The average Bonchev–Trinajstić information content (AvgIpc) is 2.75. The van der Waals surface area contributed by atoms with Crippen LogP contribution in [0.15, 0.2) is 36.5 Å². The smallest absolute Gasteiger partial charge is 0.263 e. The van der Waals surface area contributed by atoms with E-state index in [9.17, 15) is 13.9 Å². The van der Waals surface area contributed by atoms with Crippen LogP contribution in [0, 0.1) is 6.92 Å². The summed E-state index contributed by atoms with van der Waals surface area (Å²) in [5.74, 6) is 0.564. The van der Waals surface area contributed by atoms with E-state index in [-0.39, 0.29) is 11.6 Å². The third kappa shape index (κ3) is 4.58. The number of fused-ring (bicyclic) bond motifs is 1. The van der Waals surface area contributed by atoms with E-state index in [2.05, 4.69) is 25.4 Å². The minimum Gasteiger partial charge on any atom is -0.390 e. The number of nitrogens with zero attached hydrogens (tertiary/aromatic N) is 4. The van der Waals surface area contributed by atoms with Gasteiger partial charge >= 0.3 is 0 Å². The maximum Gasteiger partial charge on any atom is 0.263 e. The maximum absolute atomic E-state index is 13.1. The molecule has 0 amide bonds. The van der Waals surface area contributed by atoms with E-state index in [0.717, 1.165) is 40.9 Å². The zero-order chi connectivity index (χ0) is 22.2. The van der Waals surface area contributed by atoms with Crippen LogP contribution < -0.4 is 10.2 Å². The molecular formula is C23H27F2N5O. The summed E-state index contributed by atoms with van der Waals surface area (Å²) in [7, 11) is 0. The van der Waals surface area contributed by atoms with Crippen molar-refractivity contribution in [1.82, 2.24) is 15.2 Å². The average molecular weight is 427 g/mol. The van der Waals surface area contributed by atoms with Gasteiger partial charge in [-0.2, -0.15) is 5.10 Å². The Balaban J connectivity index is 1.64. The fourth-order valence-corrected chi connectivity index (χ4v) is 3.93. The molecule has 3 aromatic rings. The molecule has 3 heterocycles. The van der Waals surface area contributed by atoms with Crippen LogP contribution in [0.3, 0.4) is 0 Å². The number of benzene rings is 1. The van der Waals surface area contributed by atoms with E-state index in [4.69, 9.17) is 0 Å². The fraction of sp³-hybridized carbons (Fsp3) is 0.435. The summed E-state index contributed by atoms with van der Waals surface area (Å²) in [6.07, 6.45) is 0.711. The van der Waals surface area contributed by atoms with Gasteiger partial charge in [0.1, 0.15) is 0 Å². The highest BCUT2D eigenvalue weighted by Crippen LogP contribution is 2.31. The normalized spacial score (nSPS) is 17.2. The minimum atomic E-state index is -2.51. The number of anilines is 2. The SMILES string of the molecule is Cc1nnc(N[C@H](C)c2cccc(C(F)F)c2)c2cc(N3CCC(C)(O)CC3)cnc12. The third-order valence-corrected chi connectivity index (χ3v) is 5.99. The second kappa shape index (κ2) is 8.34. The molecule has 6 nitrogen and oxygen atoms in total. The van der Waals surface area contributed by atoms with Crippen LogP contribution >= 0.6 is 0 Å². The largest absolute Gasteiger partial charge is 0.390 e. The maximum atomic E-state index is 13.1. The molecule has 31 heavy (non-hydrogen) atoms. The van der Waals surface area contributed by atoms with Gasteiger partial charge in [0, 0.05) is 24.0 Å². The second-order valence-electron chi connectivity index (χ2n) is 8.54. The Morgan fingerprint density at radius 3 is 2.55 bits per heavy atom. The number of aliphatic hydroxyl groups is 1. The summed E-state index contributed by atoms with van der Waals surface area (Å²) < 4.78 is 26.2. The molecule has 8 heteroatoms. The number of alkyl halides is 2. The summed E-state index contributed by atoms with van der Waals surface area (Å²) in [5.41, 5.74) is 2.55. The van der Waals surface area contributed by atoms with Crippen LogP contribution in [-0.2, 0) is 0 Å². The van der Waals surface area contributed by atoms with Crippen molar-refractivity contribution in [2.24, 2.45) is 0 Å². The number of rotatable bonds is 5. The van der Waals surface area contributed by atoms with Crippen molar-refractivity contribution in [2.75, 3.05) is 23.3 Å². The third-order valence-electron chi connectivity index (χ3n) is 5.99. The molecule has 0 unspecified atom stereocenters. The molecule has 0 aliphatic carbocycles. The van der Waals surface area contributed by atoms with Crippen LogP contribution in [-0.4, -0.2) is 39.0 Å².